The van der Waals surface area contributed by atoms with Gasteiger partial charge in [0.25, 0.3) is 0 Å². The molecule has 2 aliphatic rings. The fourth-order valence-electron chi connectivity index (χ4n) is 3.78. The van der Waals surface area contributed by atoms with Crippen LogP contribution in [0.1, 0.15) is 66.7 Å². The number of rotatable bonds is 2. The lowest BCUT2D eigenvalue weighted by Crippen LogP contribution is -2.49. The molecule has 0 aromatic carbocycles. The molecular weight excluding hydrogens is 304 g/mol. The highest BCUT2D eigenvalue weighted by atomic mass is 16.6. The fourth-order valence-corrected chi connectivity index (χ4v) is 3.78. The second kappa shape index (κ2) is 7.75. The highest BCUT2D eigenvalue weighted by molar-refractivity contribution is 5.86. The molecule has 138 valence electrons. The van der Waals surface area contributed by atoms with Crippen molar-refractivity contribution >= 4 is 12.0 Å². The van der Waals surface area contributed by atoms with Gasteiger partial charge in [-0.3, -0.25) is 9.69 Å². The van der Waals surface area contributed by atoms with Crippen LogP contribution in [0.15, 0.2) is 0 Å². The summed E-state index contributed by atoms with van der Waals surface area (Å²) in [7, 11) is 0. The van der Waals surface area contributed by atoms with Gasteiger partial charge >= 0.3 is 6.09 Å². The first kappa shape index (κ1) is 19.1. The van der Waals surface area contributed by atoms with Crippen LogP contribution in [0.2, 0.25) is 0 Å². The zero-order valence-corrected chi connectivity index (χ0v) is 16.0. The predicted octanol–water partition coefficient (Wildman–Crippen LogP) is 3.67. The molecule has 0 N–H and O–H groups in total. The van der Waals surface area contributed by atoms with E-state index in [0.717, 1.165) is 38.8 Å². The van der Waals surface area contributed by atoms with E-state index in [4.69, 9.17) is 4.74 Å². The van der Waals surface area contributed by atoms with E-state index in [1.807, 2.05) is 25.7 Å². The van der Waals surface area contributed by atoms with Gasteiger partial charge in [0, 0.05) is 19.6 Å². The predicted molar refractivity (Wildman–Crippen MR) is 94.7 cm³/mol. The topological polar surface area (TPSA) is 49.9 Å². The number of carbonyl (C=O) groups excluding carboxylic acids is 2. The van der Waals surface area contributed by atoms with Crippen LogP contribution in [0.3, 0.4) is 0 Å². The van der Waals surface area contributed by atoms with Crippen LogP contribution >= 0.6 is 0 Å². The minimum absolute atomic E-state index is 0.114. The van der Waals surface area contributed by atoms with Crippen molar-refractivity contribution in [2.75, 3.05) is 19.6 Å². The van der Waals surface area contributed by atoms with Crippen LogP contribution in [0.5, 0.6) is 0 Å². The van der Waals surface area contributed by atoms with Gasteiger partial charge in [-0.25, -0.2) is 4.79 Å². The SMILES string of the molecule is CC(C)[C@H]1CCCN(C(=O)[C@H]2CCCN2C(=O)OC(C)(C)C)CC1. The molecule has 5 nitrogen and oxygen atoms in total. The van der Waals surface area contributed by atoms with Gasteiger partial charge in [0.05, 0.1) is 0 Å². The summed E-state index contributed by atoms with van der Waals surface area (Å²) in [6.07, 6.45) is 4.60. The summed E-state index contributed by atoms with van der Waals surface area (Å²) >= 11 is 0. The van der Waals surface area contributed by atoms with Crippen molar-refractivity contribution in [3.05, 3.63) is 0 Å². The van der Waals surface area contributed by atoms with Gasteiger partial charge in [-0.1, -0.05) is 13.8 Å². The lowest BCUT2D eigenvalue weighted by molar-refractivity contribution is -0.135. The number of carbonyl (C=O) groups is 2. The summed E-state index contributed by atoms with van der Waals surface area (Å²) in [5.74, 6) is 1.49. The van der Waals surface area contributed by atoms with Gasteiger partial charge in [0.2, 0.25) is 5.91 Å². The van der Waals surface area contributed by atoms with E-state index in [1.54, 1.807) is 4.90 Å². The van der Waals surface area contributed by atoms with Crippen molar-refractivity contribution in [1.82, 2.24) is 9.80 Å². The Bertz CT molecular complexity index is 456. The van der Waals surface area contributed by atoms with Crippen LogP contribution < -0.4 is 0 Å². The molecule has 0 radical (unpaired) electrons. The van der Waals surface area contributed by atoms with Crippen molar-refractivity contribution in [1.29, 1.82) is 0 Å². The highest BCUT2D eigenvalue weighted by Crippen LogP contribution is 2.27. The number of hydrogen-bond donors (Lipinski definition) is 0. The maximum Gasteiger partial charge on any atom is 0.410 e. The fraction of sp³-hybridized carbons (Fsp3) is 0.895. The summed E-state index contributed by atoms with van der Waals surface area (Å²) in [6, 6.07) is -0.338. The Balaban J connectivity index is 1.99. The third kappa shape index (κ3) is 4.87. The molecule has 5 heteroatoms. The third-order valence-electron chi connectivity index (χ3n) is 5.19. The lowest BCUT2D eigenvalue weighted by Gasteiger charge is -2.31. The van der Waals surface area contributed by atoms with E-state index in [-0.39, 0.29) is 18.0 Å². The van der Waals surface area contributed by atoms with E-state index < -0.39 is 5.60 Å². The summed E-state index contributed by atoms with van der Waals surface area (Å²) in [4.78, 5) is 29.0. The second-order valence-electron chi connectivity index (χ2n) is 8.59. The maximum absolute atomic E-state index is 13.0. The van der Waals surface area contributed by atoms with Gasteiger partial charge in [-0.05, 0) is 64.7 Å². The Morgan fingerprint density at radius 3 is 2.29 bits per heavy atom. The Hall–Kier alpha value is -1.26. The molecule has 0 spiro atoms. The number of hydrogen-bond acceptors (Lipinski definition) is 3. The second-order valence-corrected chi connectivity index (χ2v) is 8.59. The van der Waals surface area contributed by atoms with Crippen LogP contribution in [0.4, 0.5) is 4.79 Å². The Morgan fingerprint density at radius 1 is 1.00 bits per heavy atom. The molecule has 24 heavy (non-hydrogen) atoms. The molecule has 0 saturated carbocycles. The molecule has 0 aliphatic carbocycles. The molecule has 0 bridgehead atoms. The normalized spacial score (nSPS) is 25.8. The Kier molecular flexibility index (Phi) is 6.16. The molecule has 2 fully saturated rings. The van der Waals surface area contributed by atoms with E-state index in [2.05, 4.69) is 13.8 Å². The van der Waals surface area contributed by atoms with Crippen LogP contribution in [0.25, 0.3) is 0 Å². The van der Waals surface area contributed by atoms with Gasteiger partial charge in [-0.15, -0.1) is 0 Å². The summed E-state index contributed by atoms with van der Waals surface area (Å²) in [5, 5.41) is 0. The molecular formula is C19H34N2O3. The quantitative estimate of drug-likeness (QED) is 0.772. The van der Waals surface area contributed by atoms with Crippen molar-refractivity contribution in [3.63, 3.8) is 0 Å². The summed E-state index contributed by atoms with van der Waals surface area (Å²) < 4.78 is 5.48. The smallest absolute Gasteiger partial charge is 0.410 e. The van der Waals surface area contributed by atoms with Gasteiger partial charge in [0.1, 0.15) is 11.6 Å². The number of ether oxygens (including phenoxy) is 1. The molecule has 2 rings (SSSR count). The Morgan fingerprint density at radius 2 is 1.67 bits per heavy atom. The highest BCUT2D eigenvalue weighted by Gasteiger charge is 2.39. The standard InChI is InChI=1S/C19H34N2O3/c1-14(2)15-8-6-11-20(13-10-15)17(22)16-9-7-12-21(16)18(23)24-19(3,4)5/h14-16H,6-13H2,1-5H3/t15-,16+/m0/s1. The van der Waals surface area contributed by atoms with Crippen molar-refractivity contribution in [3.8, 4) is 0 Å². The molecule has 2 atom stereocenters. The zero-order valence-electron chi connectivity index (χ0n) is 16.0. The largest absolute Gasteiger partial charge is 0.444 e. The average Bonchev–Trinajstić information content (AvgIpc) is 2.82. The van der Waals surface area contributed by atoms with Crippen molar-refractivity contribution in [2.24, 2.45) is 11.8 Å². The van der Waals surface area contributed by atoms with E-state index in [0.29, 0.717) is 18.4 Å². The minimum Gasteiger partial charge on any atom is -0.444 e. The van der Waals surface area contributed by atoms with E-state index >= 15 is 0 Å². The first-order valence-electron chi connectivity index (χ1n) is 9.47. The maximum atomic E-state index is 13.0. The molecule has 0 unspecified atom stereocenters. The van der Waals surface area contributed by atoms with Crippen LogP contribution in [-0.2, 0) is 9.53 Å². The van der Waals surface area contributed by atoms with Crippen LogP contribution in [-0.4, -0.2) is 53.1 Å². The monoisotopic (exact) mass is 338 g/mol. The van der Waals surface area contributed by atoms with Crippen molar-refractivity contribution in [2.45, 2.75) is 78.4 Å². The molecule has 2 saturated heterocycles. The Labute approximate surface area is 146 Å². The minimum atomic E-state index is -0.527. The zero-order chi connectivity index (χ0) is 17.9. The molecule has 2 amide bonds. The molecule has 0 aromatic rings. The van der Waals surface area contributed by atoms with Gasteiger partial charge in [-0.2, -0.15) is 0 Å². The molecule has 0 aromatic heterocycles. The number of likely N-dealkylation sites (tertiary alicyclic amines) is 2. The van der Waals surface area contributed by atoms with Crippen LogP contribution in [0, 0.1) is 11.8 Å². The molecule has 2 aliphatic heterocycles. The van der Waals surface area contributed by atoms with Gasteiger partial charge < -0.3 is 9.64 Å². The molecule has 2 heterocycles. The third-order valence-corrected chi connectivity index (χ3v) is 5.19. The van der Waals surface area contributed by atoms with Gasteiger partial charge in [0.15, 0.2) is 0 Å². The van der Waals surface area contributed by atoms with E-state index in [1.165, 1.54) is 6.42 Å². The number of nitrogens with zero attached hydrogens (tertiary/aromatic N) is 2. The first-order chi connectivity index (χ1) is 11.2. The van der Waals surface area contributed by atoms with E-state index in [9.17, 15) is 9.59 Å². The van der Waals surface area contributed by atoms with Crippen molar-refractivity contribution < 1.29 is 14.3 Å². The first-order valence-corrected chi connectivity index (χ1v) is 9.47. The summed E-state index contributed by atoms with van der Waals surface area (Å²) in [5.41, 5.74) is -0.527. The lowest BCUT2D eigenvalue weighted by atomic mass is 9.89. The number of amides is 2. The summed E-state index contributed by atoms with van der Waals surface area (Å²) in [6.45, 7) is 12.4. The average molecular weight is 338 g/mol.